The Morgan fingerprint density at radius 1 is 1.19 bits per heavy atom. The summed E-state index contributed by atoms with van der Waals surface area (Å²) in [5.74, 6) is 1.32. The predicted octanol–water partition coefficient (Wildman–Crippen LogP) is 2.97. The zero-order valence-corrected chi connectivity index (χ0v) is 12.0. The third-order valence-corrected chi connectivity index (χ3v) is 3.67. The van der Waals surface area contributed by atoms with Crippen molar-refractivity contribution in [2.45, 2.75) is 12.5 Å². The van der Waals surface area contributed by atoms with E-state index in [1.165, 1.54) is 11.1 Å². The fraction of sp³-hybridized carbons (Fsp3) is 0.294. The van der Waals surface area contributed by atoms with Gasteiger partial charge in [0.05, 0.1) is 13.7 Å². The molecule has 1 atom stereocenters. The van der Waals surface area contributed by atoms with E-state index in [0.717, 1.165) is 13.0 Å². The Morgan fingerprint density at radius 3 is 2.90 bits per heavy atom. The predicted molar refractivity (Wildman–Crippen MR) is 81.7 cm³/mol. The van der Waals surface area contributed by atoms with Crippen LogP contribution in [-0.2, 0) is 11.2 Å². The molecule has 1 aliphatic heterocycles. The van der Waals surface area contributed by atoms with Crippen molar-refractivity contribution in [3.8, 4) is 11.5 Å². The van der Waals surface area contributed by atoms with Crippen molar-refractivity contribution in [1.82, 2.24) is 0 Å². The summed E-state index contributed by atoms with van der Waals surface area (Å²) < 4.78 is 17.0. The number of fused-ring (bicyclic) bond motifs is 1. The Bertz CT molecular complexity index is 627. The second-order valence-electron chi connectivity index (χ2n) is 5.03. The van der Waals surface area contributed by atoms with Gasteiger partial charge in [-0.15, -0.1) is 0 Å². The molecule has 1 heterocycles. The zero-order valence-electron chi connectivity index (χ0n) is 12.0. The Hall–Kier alpha value is -2.20. The third kappa shape index (κ3) is 2.95. The SMILES string of the molecule is COc1ccc(N)cc1OCC1OCCc2ccccc21. The van der Waals surface area contributed by atoms with Crippen molar-refractivity contribution in [2.24, 2.45) is 0 Å². The van der Waals surface area contributed by atoms with Crippen LogP contribution in [0.2, 0.25) is 0 Å². The first kappa shape index (κ1) is 13.8. The van der Waals surface area contributed by atoms with Gasteiger partial charge < -0.3 is 19.9 Å². The number of benzene rings is 2. The number of hydrogen-bond donors (Lipinski definition) is 1. The van der Waals surface area contributed by atoms with E-state index in [0.29, 0.717) is 23.8 Å². The summed E-state index contributed by atoms with van der Waals surface area (Å²) in [5.41, 5.74) is 8.98. The highest BCUT2D eigenvalue weighted by atomic mass is 16.5. The molecule has 21 heavy (non-hydrogen) atoms. The Balaban J connectivity index is 1.76. The van der Waals surface area contributed by atoms with Gasteiger partial charge in [0.2, 0.25) is 0 Å². The first-order valence-electron chi connectivity index (χ1n) is 7.03. The molecule has 1 unspecified atom stereocenters. The molecule has 0 bridgehead atoms. The molecule has 0 radical (unpaired) electrons. The summed E-state index contributed by atoms with van der Waals surface area (Å²) >= 11 is 0. The molecule has 4 nitrogen and oxygen atoms in total. The number of ether oxygens (including phenoxy) is 3. The van der Waals surface area contributed by atoms with Crippen LogP contribution >= 0.6 is 0 Å². The van der Waals surface area contributed by atoms with Crippen molar-refractivity contribution in [3.05, 3.63) is 53.6 Å². The van der Waals surface area contributed by atoms with Crippen LogP contribution in [-0.4, -0.2) is 20.3 Å². The molecule has 0 amide bonds. The van der Waals surface area contributed by atoms with Crippen molar-refractivity contribution < 1.29 is 14.2 Å². The van der Waals surface area contributed by atoms with Crippen molar-refractivity contribution in [1.29, 1.82) is 0 Å². The first-order valence-corrected chi connectivity index (χ1v) is 7.03. The van der Waals surface area contributed by atoms with Gasteiger partial charge in [0.1, 0.15) is 12.7 Å². The highest BCUT2D eigenvalue weighted by Crippen LogP contribution is 2.32. The fourth-order valence-corrected chi connectivity index (χ4v) is 2.59. The molecule has 2 aromatic rings. The van der Waals surface area contributed by atoms with Gasteiger partial charge >= 0.3 is 0 Å². The highest BCUT2D eigenvalue weighted by molar-refractivity contribution is 5.52. The molecular weight excluding hydrogens is 266 g/mol. The average molecular weight is 285 g/mol. The summed E-state index contributed by atoms with van der Waals surface area (Å²) in [6, 6.07) is 13.7. The van der Waals surface area contributed by atoms with Crippen molar-refractivity contribution in [2.75, 3.05) is 26.1 Å². The number of nitrogens with two attached hydrogens (primary N) is 1. The van der Waals surface area contributed by atoms with E-state index >= 15 is 0 Å². The van der Waals surface area contributed by atoms with E-state index < -0.39 is 0 Å². The van der Waals surface area contributed by atoms with E-state index in [1.807, 2.05) is 6.07 Å². The van der Waals surface area contributed by atoms with Crippen LogP contribution in [0, 0.1) is 0 Å². The lowest BCUT2D eigenvalue weighted by Gasteiger charge is -2.26. The van der Waals surface area contributed by atoms with Gasteiger partial charge in [-0.3, -0.25) is 0 Å². The second kappa shape index (κ2) is 6.06. The summed E-state index contributed by atoms with van der Waals surface area (Å²) in [6.07, 6.45) is 0.898. The van der Waals surface area contributed by atoms with Gasteiger partial charge in [0.15, 0.2) is 11.5 Å². The van der Waals surface area contributed by atoms with Crippen LogP contribution in [0.5, 0.6) is 11.5 Å². The van der Waals surface area contributed by atoms with Gasteiger partial charge in [0.25, 0.3) is 0 Å². The quantitative estimate of drug-likeness (QED) is 0.877. The Morgan fingerprint density at radius 2 is 2.05 bits per heavy atom. The minimum Gasteiger partial charge on any atom is -0.493 e. The largest absolute Gasteiger partial charge is 0.493 e. The normalized spacial score (nSPS) is 17.1. The molecule has 2 aromatic carbocycles. The molecule has 0 fully saturated rings. The van der Waals surface area contributed by atoms with E-state index in [9.17, 15) is 0 Å². The number of rotatable bonds is 4. The van der Waals surface area contributed by atoms with Gasteiger partial charge in [-0.05, 0) is 29.7 Å². The van der Waals surface area contributed by atoms with E-state index in [4.69, 9.17) is 19.9 Å². The van der Waals surface area contributed by atoms with Gasteiger partial charge in [-0.2, -0.15) is 0 Å². The highest BCUT2D eigenvalue weighted by Gasteiger charge is 2.21. The van der Waals surface area contributed by atoms with E-state index in [2.05, 4.69) is 18.2 Å². The molecule has 0 aliphatic carbocycles. The molecule has 2 N–H and O–H groups in total. The lowest BCUT2D eigenvalue weighted by molar-refractivity contribution is 0.00967. The molecule has 3 rings (SSSR count). The van der Waals surface area contributed by atoms with Gasteiger partial charge in [-0.1, -0.05) is 24.3 Å². The third-order valence-electron chi connectivity index (χ3n) is 3.67. The lowest BCUT2D eigenvalue weighted by Crippen LogP contribution is -2.21. The minimum absolute atomic E-state index is 0.0545. The lowest BCUT2D eigenvalue weighted by atomic mass is 9.98. The van der Waals surface area contributed by atoms with Crippen molar-refractivity contribution in [3.63, 3.8) is 0 Å². The molecule has 110 valence electrons. The van der Waals surface area contributed by atoms with Crippen LogP contribution in [0.1, 0.15) is 17.2 Å². The maximum absolute atomic E-state index is 5.88. The Kier molecular flexibility index (Phi) is 3.97. The summed E-state index contributed by atoms with van der Waals surface area (Å²) in [4.78, 5) is 0. The van der Waals surface area contributed by atoms with E-state index in [1.54, 1.807) is 25.3 Å². The molecule has 1 aliphatic rings. The molecule has 0 spiro atoms. The summed E-state index contributed by atoms with van der Waals surface area (Å²) in [5, 5.41) is 0. The monoisotopic (exact) mass is 285 g/mol. The molecule has 0 saturated carbocycles. The van der Waals surface area contributed by atoms with E-state index in [-0.39, 0.29) is 6.10 Å². The number of hydrogen-bond acceptors (Lipinski definition) is 4. The van der Waals surface area contributed by atoms with Crippen molar-refractivity contribution >= 4 is 5.69 Å². The van der Waals surface area contributed by atoms with Gasteiger partial charge in [0, 0.05) is 11.8 Å². The van der Waals surface area contributed by atoms with Crippen LogP contribution < -0.4 is 15.2 Å². The van der Waals surface area contributed by atoms with Gasteiger partial charge in [-0.25, -0.2) is 0 Å². The standard InChI is InChI=1S/C17H19NO3/c1-19-15-7-6-13(18)10-16(15)21-11-17-14-5-3-2-4-12(14)8-9-20-17/h2-7,10,17H,8-9,11,18H2,1H3. The summed E-state index contributed by atoms with van der Waals surface area (Å²) in [6.45, 7) is 1.16. The first-order chi connectivity index (χ1) is 10.3. The van der Waals surface area contributed by atoms with Crippen LogP contribution in [0.15, 0.2) is 42.5 Å². The van der Waals surface area contributed by atoms with Crippen LogP contribution in [0.3, 0.4) is 0 Å². The average Bonchev–Trinajstić information content (AvgIpc) is 2.53. The maximum Gasteiger partial charge on any atom is 0.163 e. The fourth-order valence-electron chi connectivity index (χ4n) is 2.59. The molecule has 0 aromatic heterocycles. The molecular formula is C17H19NO3. The maximum atomic E-state index is 5.88. The minimum atomic E-state index is -0.0545. The molecule has 4 heteroatoms. The van der Waals surface area contributed by atoms with Crippen LogP contribution in [0.4, 0.5) is 5.69 Å². The smallest absolute Gasteiger partial charge is 0.163 e. The number of nitrogen functional groups attached to an aromatic ring is 1. The summed E-state index contributed by atoms with van der Waals surface area (Å²) in [7, 11) is 1.62. The second-order valence-corrected chi connectivity index (χ2v) is 5.03. The zero-order chi connectivity index (χ0) is 14.7. The number of methoxy groups -OCH3 is 1. The van der Waals surface area contributed by atoms with Crippen LogP contribution in [0.25, 0.3) is 0 Å². The topological polar surface area (TPSA) is 53.7 Å². The number of anilines is 1. The molecule has 0 saturated heterocycles. The Labute approximate surface area is 124 Å².